The van der Waals surface area contributed by atoms with E-state index < -0.39 is 0 Å². The van der Waals surface area contributed by atoms with E-state index in [0.717, 1.165) is 67.3 Å². The number of hydrogen-bond donors (Lipinski definition) is 2. The molecular weight excluding hydrogens is 653 g/mol. The van der Waals surface area contributed by atoms with E-state index >= 15 is 0 Å². The van der Waals surface area contributed by atoms with Crippen molar-refractivity contribution in [2.75, 3.05) is 13.2 Å². The number of hydrogen-bond acceptors (Lipinski definition) is 4. The molecule has 0 spiro atoms. The van der Waals surface area contributed by atoms with Crippen molar-refractivity contribution in [1.29, 1.82) is 0 Å². The van der Waals surface area contributed by atoms with Crippen molar-refractivity contribution < 1.29 is 19.7 Å². The topological polar surface area (TPSA) is 58.9 Å². The van der Waals surface area contributed by atoms with Gasteiger partial charge in [-0.3, -0.25) is 0 Å². The average Bonchev–Trinajstić information content (AvgIpc) is 3.13. The number of aryl methyl sites for hydroxylation is 5. The van der Waals surface area contributed by atoms with Gasteiger partial charge in [0.2, 0.25) is 0 Å². The summed E-state index contributed by atoms with van der Waals surface area (Å²) < 4.78 is 12.4. The highest BCUT2D eigenvalue weighted by Crippen LogP contribution is 2.44. The summed E-state index contributed by atoms with van der Waals surface area (Å²) >= 11 is 0. The molecule has 1 aliphatic carbocycles. The summed E-state index contributed by atoms with van der Waals surface area (Å²) in [5.74, 6) is 2.67. The first-order valence-electron chi connectivity index (χ1n) is 18.9. The third kappa shape index (κ3) is 9.81. The van der Waals surface area contributed by atoms with Crippen LogP contribution in [-0.2, 0) is 0 Å². The maximum atomic E-state index is 11.6. The van der Waals surface area contributed by atoms with Crippen LogP contribution < -0.4 is 9.47 Å². The largest absolute Gasteiger partial charge is 0.507 e. The van der Waals surface area contributed by atoms with Gasteiger partial charge in [-0.2, -0.15) is 0 Å². The molecule has 5 aromatic carbocycles. The van der Waals surface area contributed by atoms with Gasteiger partial charge in [-0.05, 0) is 132 Å². The Kier molecular flexibility index (Phi) is 13.3. The Labute approximate surface area is 317 Å². The quantitative estimate of drug-likeness (QED) is 0.118. The van der Waals surface area contributed by atoms with Crippen LogP contribution in [0.15, 0.2) is 114 Å². The van der Waals surface area contributed by atoms with Crippen molar-refractivity contribution in [2.24, 2.45) is 5.92 Å². The van der Waals surface area contributed by atoms with E-state index in [1.807, 2.05) is 73.7 Å². The molecule has 2 N–H and O–H groups in total. The number of para-hydroxylation sites is 2. The van der Waals surface area contributed by atoms with Crippen LogP contribution in [0.5, 0.6) is 23.0 Å². The van der Waals surface area contributed by atoms with Crippen molar-refractivity contribution in [3.63, 3.8) is 0 Å². The van der Waals surface area contributed by atoms with Crippen LogP contribution in [0.4, 0.5) is 0 Å². The fourth-order valence-electron chi connectivity index (χ4n) is 7.21. The predicted molar refractivity (Wildman–Crippen MR) is 222 cm³/mol. The molecule has 4 nitrogen and oxygen atoms in total. The SMILES string of the molecule is C/C1=C(\C)C(C)C/C=C\CC1.Cc1cc(C)c(-c2cc(C)cc(-c3ccccc3OCCCOc3ccccc3-c3cc(C)ccc3O)c2O)c(C)c1. The Morgan fingerprint density at radius 1 is 0.585 bits per heavy atom. The van der Waals surface area contributed by atoms with E-state index in [1.54, 1.807) is 17.2 Å². The molecule has 276 valence electrons. The second-order valence-corrected chi connectivity index (χ2v) is 14.7. The van der Waals surface area contributed by atoms with E-state index in [-0.39, 0.29) is 11.5 Å². The highest BCUT2D eigenvalue weighted by molar-refractivity contribution is 5.87. The normalized spacial score (nSPS) is 16.2. The van der Waals surface area contributed by atoms with E-state index in [4.69, 9.17) is 9.47 Å². The van der Waals surface area contributed by atoms with Crippen LogP contribution in [0, 0.1) is 40.5 Å². The molecule has 1 unspecified atom stereocenters. The standard InChI is InChI=1S/C38H38O4.C11H18/c1-24-15-16-34(39)31(21-24)29-11-6-8-13-35(29)41-17-10-18-42-36-14-9-7-12-30(36)32-22-26(3)23-33(38(32)40)37-27(4)19-25(2)20-28(37)5;1-9-7-5-4-6-8-10(2)11(9)3/h6-9,11-16,19-23,39-40H,10,17-18H2,1-5H3;4-5,9H,6-8H2,1-3H3/b;5-4-,11-10-. The van der Waals surface area contributed by atoms with E-state index in [0.29, 0.717) is 25.4 Å². The summed E-state index contributed by atoms with van der Waals surface area (Å²) in [6.07, 6.45) is 9.01. The van der Waals surface area contributed by atoms with Gasteiger partial charge in [0.15, 0.2) is 0 Å². The third-order valence-corrected chi connectivity index (χ3v) is 10.3. The minimum absolute atomic E-state index is 0.229. The van der Waals surface area contributed by atoms with Gasteiger partial charge in [-0.15, -0.1) is 0 Å². The highest BCUT2D eigenvalue weighted by atomic mass is 16.5. The number of benzene rings is 5. The van der Waals surface area contributed by atoms with Gasteiger partial charge in [0.05, 0.1) is 13.2 Å². The van der Waals surface area contributed by atoms with Gasteiger partial charge in [0.25, 0.3) is 0 Å². The summed E-state index contributed by atoms with van der Waals surface area (Å²) in [6, 6.07) is 29.5. The number of phenols is 2. The number of ether oxygens (including phenoxy) is 2. The molecule has 0 heterocycles. The van der Waals surface area contributed by atoms with E-state index in [1.165, 1.54) is 24.8 Å². The molecule has 1 atom stereocenters. The van der Waals surface area contributed by atoms with Crippen LogP contribution in [0.1, 0.15) is 74.3 Å². The molecule has 0 amide bonds. The lowest BCUT2D eigenvalue weighted by molar-refractivity contribution is 0.248. The van der Waals surface area contributed by atoms with Gasteiger partial charge in [-0.1, -0.05) is 95.9 Å². The molecule has 5 aromatic rings. The number of aromatic hydroxyl groups is 2. The van der Waals surface area contributed by atoms with Crippen LogP contribution in [0.3, 0.4) is 0 Å². The number of allylic oxidation sites excluding steroid dienone is 4. The zero-order chi connectivity index (χ0) is 38.1. The van der Waals surface area contributed by atoms with Crippen LogP contribution >= 0.6 is 0 Å². The number of phenolic OH excluding ortho intramolecular Hbond substituents is 2. The van der Waals surface area contributed by atoms with E-state index in [9.17, 15) is 10.2 Å². The number of rotatable bonds is 9. The zero-order valence-electron chi connectivity index (χ0n) is 32.8. The molecule has 0 aromatic heterocycles. The first-order valence-corrected chi connectivity index (χ1v) is 18.9. The van der Waals surface area contributed by atoms with Crippen molar-refractivity contribution in [1.82, 2.24) is 0 Å². The monoisotopic (exact) mass is 708 g/mol. The molecule has 1 aliphatic rings. The van der Waals surface area contributed by atoms with Crippen LogP contribution in [0.2, 0.25) is 0 Å². The van der Waals surface area contributed by atoms with E-state index in [2.05, 4.69) is 78.8 Å². The van der Waals surface area contributed by atoms with Crippen molar-refractivity contribution in [2.45, 2.75) is 81.1 Å². The Balaban J connectivity index is 0.000000422. The Morgan fingerprint density at radius 2 is 1.13 bits per heavy atom. The van der Waals surface area contributed by atoms with Gasteiger partial charge in [-0.25, -0.2) is 0 Å². The van der Waals surface area contributed by atoms with Crippen molar-refractivity contribution in [3.05, 3.63) is 142 Å². The minimum atomic E-state index is 0.229. The first-order chi connectivity index (χ1) is 25.4. The summed E-state index contributed by atoms with van der Waals surface area (Å²) in [4.78, 5) is 0. The second-order valence-electron chi connectivity index (χ2n) is 14.7. The van der Waals surface area contributed by atoms with Crippen LogP contribution in [0.25, 0.3) is 33.4 Å². The minimum Gasteiger partial charge on any atom is -0.507 e. The molecule has 0 aliphatic heterocycles. The maximum absolute atomic E-state index is 11.6. The molecule has 0 saturated heterocycles. The van der Waals surface area contributed by atoms with Gasteiger partial charge in [0, 0.05) is 34.2 Å². The first kappa shape index (κ1) is 39.0. The molecule has 0 bridgehead atoms. The lowest BCUT2D eigenvalue weighted by atomic mass is 9.89. The highest BCUT2D eigenvalue weighted by Gasteiger charge is 2.18. The second kappa shape index (κ2) is 18.0. The fourth-order valence-corrected chi connectivity index (χ4v) is 7.21. The summed E-state index contributed by atoms with van der Waals surface area (Å²) in [5, 5.41) is 22.0. The summed E-state index contributed by atoms with van der Waals surface area (Å²) in [5.41, 5.74) is 14.0. The van der Waals surface area contributed by atoms with Crippen molar-refractivity contribution >= 4 is 0 Å². The van der Waals surface area contributed by atoms with Crippen LogP contribution in [-0.4, -0.2) is 23.4 Å². The van der Waals surface area contributed by atoms with Gasteiger partial charge < -0.3 is 19.7 Å². The van der Waals surface area contributed by atoms with Gasteiger partial charge in [0.1, 0.15) is 23.0 Å². The molecular formula is C49H56O4. The molecule has 53 heavy (non-hydrogen) atoms. The molecule has 6 rings (SSSR count). The molecule has 4 heteroatoms. The Hall–Kier alpha value is -5.22. The molecule has 0 radical (unpaired) electrons. The fraction of sp³-hybridized carbons (Fsp3) is 0.306. The molecule has 0 saturated carbocycles. The predicted octanol–water partition coefficient (Wildman–Crippen LogP) is 13.2. The lowest BCUT2D eigenvalue weighted by Gasteiger charge is -2.18. The Morgan fingerprint density at radius 3 is 1.77 bits per heavy atom. The van der Waals surface area contributed by atoms with Gasteiger partial charge >= 0.3 is 0 Å². The Bertz CT molecular complexity index is 2080. The molecule has 0 fully saturated rings. The van der Waals surface area contributed by atoms with Crippen molar-refractivity contribution in [3.8, 4) is 56.4 Å². The zero-order valence-corrected chi connectivity index (χ0v) is 32.8. The smallest absolute Gasteiger partial charge is 0.131 e. The summed E-state index contributed by atoms with van der Waals surface area (Å²) in [7, 11) is 0. The summed E-state index contributed by atoms with van der Waals surface area (Å²) in [6.45, 7) is 18.1. The lowest BCUT2D eigenvalue weighted by Crippen LogP contribution is -2.06. The average molecular weight is 709 g/mol. The maximum Gasteiger partial charge on any atom is 0.131 e. The third-order valence-electron chi connectivity index (χ3n) is 10.3.